The second kappa shape index (κ2) is 8.77. The van der Waals surface area contributed by atoms with Crippen LogP contribution < -0.4 is 16.0 Å². The van der Waals surface area contributed by atoms with Crippen LogP contribution in [0.5, 0.6) is 0 Å². The Balaban J connectivity index is 1.98. The van der Waals surface area contributed by atoms with Gasteiger partial charge in [-0.2, -0.15) is 0 Å². The molecule has 0 saturated carbocycles. The number of anilines is 1. The van der Waals surface area contributed by atoms with Gasteiger partial charge < -0.3 is 15.1 Å². The van der Waals surface area contributed by atoms with Crippen LogP contribution in [0.1, 0.15) is 41.2 Å². The summed E-state index contributed by atoms with van der Waals surface area (Å²) in [5, 5.41) is 8.40. The Kier molecular flexibility index (Phi) is 6.72. The van der Waals surface area contributed by atoms with Crippen LogP contribution in [0.4, 0.5) is 5.69 Å². The average Bonchev–Trinajstić information content (AvgIpc) is 3.01. The summed E-state index contributed by atoms with van der Waals surface area (Å²) in [4.78, 5) is 24.1. The van der Waals surface area contributed by atoms with Crippen LogP contribution in [0.15, 0.2) is 45.5 Å². The molecular formula is C17H18BrN3O3S. The fourth-order valence-electron chi connectivity index (χ4n) is 1.91. The molecule has 2 rings (SSSR count). The van der Waals surface area contributed by atoms with Crippen molar-refractivity contribution in [2.24, 2.45) is 0 Å². The quantitative estimate of drug-likeness (QED) is 0.638. The third-order valence-corrected chi connectivity index (χ3v) is 4.03. The number of thiocarbonyl (C=S) groups is 1. The number of benzene rings is 1. The summed E-state index contributed by atoms with van der Waals surface area (Å²) in [6, 6.07) is 10.1. The molecule has 2 aromatic rings. The van der Waals surface area contributed by atoms with Crippen molar-refractivity contribution in [1.82, 2.24) is 10.6 Å². The minimum absolute atomic E-state index is 0.0945. The van der Waals surface area contributed by atoms with E-state index in [1.54, 1.807) is 30.3 Å². The van der Waals surface area contributed by atoms with E-state index in [1.165, 1.54) is 6.07 Å². The van der Waals surface area contributed by atoms with E-state index in [-0.39, 0.29) is 22.8 Å². The van der Waals surface area contributed by atoms with Crippen LogP contribution in [0.25, 0.3) is 0 Å². The Labute approximate surface area is 159 Å². The molecule has 1 atom stereocenters. The number of halogens is 1. The van der Waals surface area contributed by atoms with Gasteiger partial charge in [-0.25, -0.2) is 0 Å². The zero-order valence-corrected chi connectivity index (χ0v) is 16.2. The fourth-order valence-corrected chi connectivity index (χ4v) is 2.43. The van der Waals surface area contributed by atoms with Crippen molar-refractivity contribution >= 4 is 50.8 Å². The Hall–Kier alpha value is -2.19. The predicted octanol–water partition coefficient (Wildman–Crippen LogP) is 3.70. The highest BCUT2D eigenvalue weighted by Crippen LogP contribution is 2.14. The summed E-state index contributed by atoms with van der Waals surface area (Å²) >= 11 is 8.25. The molecule has 0 aliphatic carbocycles. The van der Waals surface area contributed by atoms with E-state index >= 15 is 0 Å². The number of hydrogen-bond donors (Lipinski definition) is 3. The highest BCUT2D eigenvalue weighted by molar-refractivity contribution is 9.10. The largest absolute Gasteiger partial charge is 0.444 e. The van der Waals surface area contributed by atoms with Crippen LogP contribution in [-0.4, -0.2) is 23.0 Å². The summed E-state index contributed by atoms with van der Waals surface area (Å²) in [5.74, 6) is -0.486. The zero-order chi connectivity index (χ0) is 18.4. The number of rotatable bonds is 5. The van der Waals surface area contributed by atoms with Crippen molar-refractivity contribution in [2.45, 2.75) is 26.3 Å². The summed E-state index contributed by atoms with van der Waals surface area (Å²) in [6.45, 7) is 3.94. The third-order valence-electron chi connectivity index (χ3n) is 3.40. The van der Waals surface area contributed by atoms with Crippen molar-refractivity contribution in [1.29, 1.82) is 0 Å². The molecule has 0 radical (unpaired) electrons. The Morgan fingerprint density at radius 3 is 2.64 bits per heavy atom. The molecule has 0 aliphatic heterocycles. The number of amides is 2. The highest BCUT2D eigenvalue weighted by Gasteiger charge is 2.13. The van der Waals surface area contributed by atoms with Crippen molar-refractivity contribution in [3.05, 3.63) is 52.4 Å². The lowest BCUT2D eigenvalue weighted by Crippen LogP contribution is -2.34. The molecule has 1 unspecified atom stereocenters. The molecule has 8 heteroatoms. The minimum atomic E-state index is -0.464. The second-order valence-corrected chi connectivity index (χ2v) is 6.57. The monoisotopic (exact) mass is 423 g/mol. The summed E-state index contributed by atoms with van der Waals surface area (Å²) in [7, 11) is 0. The molecule has 0 saturated heterocycles. The van der Waals surface area contributed by atoms with Crippen LogP contribution in [-0.2, 0) is 0 Å². The predicted molar refractivity (Wildman–Crippen MR) is 104 cm³/mol. The number of hydrogen-bond acceptors (Lipinski definition) is 4. The molecule has 1 aromatic heterocycles. The van der Waals surface area contributed by atoms with E-state index in [0.717, 1.165) is 6.42 Å². The summed E-state index contributed by atoms with van der Waals surface area (Å²) < 4.78 is 5.61. The van der Waals surface area contributed by atoms with Crippen LogP contribution in [0.3, 0.4) is 0 Å². The standard InChI is InChI=1S/C17H18BrN3O3S/c1-3-10(2)19-15(22)11-5-4-6-12(9-11)20-17(25)21-16(23)13-7-8-14(18)24-13/h4-10H,3H2,1-2H3,(H,19,22)(H2,20,21,23,25). The first-order valence-electron chi connectivity index (χ1n) is 7.67. The molecule has 25 heavy (non-hydrogen) atoms. The number of carbonyl (C=O) groups excluding carboxylic acids is 2. The van der Waals surface area contributed by atoms with Gasteiger partial charge >= 0.3 is 0 Å². The Morgan fingerprint density at radius 1 is 1.24 bits per heavy atom. The first-order valence-corrected chi connectivity index (χ1v) is 8.87. The van der Waals surface area contributed by atoms with Gasteiger partial charge in [0.25, 0.3) is 11.8 Å². The van der Waals surface area contributed by atoms with Crippen LogP contribution in [0.2, 0.25) is 0 Å². The SMILES string of the molecule is CCC(C)NC(=O)c1cccc(NC(=S)NC(=O)c2ccc(Br)o2)c1. The van der Waals surface area contributed by atoms with Crippen molar-refractivity contribution in [3.63, 3.8) is 0 Å². The van der Waals surface area contributed by atoms with Crippen molar-refractivity contribution in [3.8, 4) is 0 Å². The molecule has 0 fully saturated rings. The molecule has 3 N–H and O–H groups in total. The van der Waals surface area contributed by atoms with Gasteiger partial charge in [0, 0.05) is 17.3 Å². The van der Waals surface area contributed by atoms with E-state index < -0.39 is 5.91 Å². The number of furan rings is 1. The molecule has 0 aliphatic rings. The van der Waals surface area contributed by atoms with Gasteiger partial charge in [-0.15, -0.1) is 0 Å². The van der Waals surface area contributed by atoms with Gasteiger partial charge in [0.1, 0.15) is 0 Å². The minimum Gasteiger partial charge on any atom is -0.444 e. The maximum Gasteiger partial charge on any atom is 0.293 e. The highest BCUT2D eigenvalue weighted by atomic mass is 79.9. The summed E-state index contributed by atoms with van der Waals surface area (Å²) in [5.41, 5.74) is 1.11. The van der Waals surface area contributed by atoms with E-state index in [9.17, 15) is 9.59 Å². The van der Waals surface area contributed by atoms with Gasteiger partial charge in [-0.05, 0) is 71.8 Å². The average molecular weight is 424 g/mol. The molecule has 2 amide bonds. The summed E-state index contributed by atoms with van der Waals surface area (Å²) in [6.07, 6.45) is 0.850. The molecule has 0 bridgehead atoms. The van der Waals surface area contributed by atoms with E-state index in [1.807, 2.05) is 13.8 Å². The zero-order valence-electron chi connectivity index (χ0n) is 13.8. The first-order chi connectivity index (χ1) is 11.9. The van der Waals surface area contributed by atoms with Gasteiger partial charge in [-0.3, -0.25) is 14.9 Å². The lowest BCUT2D eigenvalue weighted by Gasteiger charge is -2.13. The van der Waals surface area contributed by atoms with E-state index in [2.05, 4.69) is 31.9 Å². The molecular weight excluding hydrogens is 406 g/mol. The smallest absolute Gasteiger partial charge is 0.293 e. The number of carbonyl (C=O) groups is 2. The van der Waals surface area contributed by atoms with Crippen LogP contribution >= 0.6 is 28.1 Å². The maximum absolute atomic E-state index is 12.2. The first kappa shape index (κ1) is 19.1. The molecule has 0 spiro atoms. The fraction of sp³-hybridized carbons (Fsp3) is 0.235. The second-order valence-electron chi connectivity index (χ2n) is 5.38. The lowest BCUT2D eigenvalue weighted by atomic mass is 10.1. The van der Waals surface area contributed by atoms with E-state index in [4.69, 9.17) is 16.6 Å². The number of nitrogens with one attached hydrogen (secondary N) is 3. The molecule has 1 aromatic carbocycles. The molecule has 132 valence electrons. The topological polar surface area (TPSA) is 83.4 Å². The van der Waals surface area contributed by atoms with Crippen molar-refractivity contribution < 1.29 is 14.0 Å². The van der Waals surface area contributed by atoms with E-state index in [0.29, 0.717) is 15.9 Å². The Bertz CT molecular complexity index is 791. The van der Waals surface area contributed by atoms with Gasteiger partial charge in [0.2, 0.25) is 0 Å². The lowest BCUT2D eigenvalue weighted by molar-refractivity contribution is 0.0934. The normalized spacial score (nSPS) is 11.5. The van der Waals surface area contributed by atoms with Gasteiger partial charge in [0.05, 0.1) is 0 Å². The maximum atomic E-state index is 12.2. The van der Waals surface area contributed by atoms with Crippen molar-refractivity contribution in [2.75, 3.05) is 5.32 Å². The van der Waals surface area contributed by atoms with Gasteiger partial charge in [0.15, 0.2) is 15.5 Å². The van der Waals surface area contributed by atoms with Crippen LogP contribution in [0, 0.1) is 0 Å². The van der Waals surface area contributed by atoms with Gasteiger partial charge in [-0.1, -0.05) is 13.0 Å². The third kappa shape index (κ3) is 5.68. The molecule has 1 heterocycles. The molecule has 6 nitrogen and oxygen atoms in total. The Morgan fingerprint density at radius 2 is 2.00 bits per heavy atom.